The standard InChI is InChI=1S/C45H27NO/c1-3-14-28(15-4-1)40-30-18-7-9-20-32(30)41(33-21-10-8-19-31(33)40)38-24-13-23-34-35-26-27-37-42(45(35)47-44(34)38)36-22-11-12-25-39(36)46-43(37)29-16-5-2-6-17-29/h1-27H. The van der Waals surface area contributed by atoms with Gasteiger partial charge in [-0.3, -0.25) is 0 Å². The SMILES string of the molecule is c1ccc(-c2c3ccccc3c(-c3cccc4c3oc3c4ccc4c(-c5ccccc5)nc5ccccc5c43)c3ccccc23)cc1. The van der Waals surface area contributed by atoms with Gasteiger partial charge in [0.05, 0.1) is 11.2 Å². The Morgan fingerprint density at radius 3 is 1.53 bits per heavy atom. The van der Waals surface area contributed by atoms with Gasteiger partial charge in [-0.05, 0) is 44.8 Å². The van der Waals surface area contributed by atoms with E-state index in [0.717, 1.165) is 60.4 Å². The predicted molar refractivity (Wildman–Crippen MR) is 198 cm³/mol. The summed E-state index contributed by atoms with van der Waals surface area (Å²) in [6, 6.07) is 58.2. The Hall–Kier alpha value is -6.25. The normalized spacial score (nSPS) is 11.8. The summed E-state index contributed by atoms with van der Waals surface area (Å²) in [5.74, 6) is 0. The van der Waals surface area contributed by atoms with E-state index >= 15 is 0 Å². The highest BCUT2D eigenvalue weighted by Crippen LogP contribution is 2.47. The van der Waals surface area contributed by atoms with Crippen molar-refractivity contribution in [1.29, 1.82) is 0 Å². The zero-order chi connectivity index (χ0) is 30.9. The van der Waals surface area contributed by atoms with Gasteiger partial charge < -0.3 is 4.42 Å². The van der Waals surface area contributed by atoms with E-state index in [1.807, 2.05) is 6.07 Å². The molecule has 0 saturated carbocycles. The van der Waals surface area contributed by atoms with E-state index in [9.17, 15) is 0 Å². The zero-order valence-electron chi connectivity index (χ0n) is 25.4. The topological polar surface area (TPSA) is 26.0 Å². The minimum Gasteiger partial charge on any atom is -0.455 e. The number of hydrogen-bond acceptors (Lipinski definition) is 2. The molecular formula is C45H27NO. The van der Waals surface area contributed by atoms with E-state index in [2.05, 4.69) is 158 Å². The molecule has 0 bridgehead atoms. The van der Waals surface area contributed by atoms with E-state index in [1.54, 1.807) is 0 Å². The lowest BCUT2D eigenvalue weighted by atomic mass is 9.85. The average molecular weight is 598 g/mol. The monoisotopic (exact) mass is 597 g/mol. The summed E-state index contributed by atoms with van der Waals surface area (Å²) in [5, 5.41) is 10.4. The maximum absolute atomic E-state index is 7.14. The van der Waals surface area contributed by atoms with Gasteiger partial charge in [0.25, 0.3) is 0 Å². The third-order valence-electron chi connectivity index (χ3n) is 9.64. The Bertz CT molecular complexity index is 2770. The van der Waals surface area contributed by atoms with E-state index in [1.165, 1.54) is 38.2 Å². The van der Waals surface area contributed by atoms with Gasteiger partial charge >= 0.3 is 0 Å². The highest BCUT2D eigenvalue weighted by molar-refractivity contribution is 6.28. The zero-order valence-corrected chi connectivity index (χ0v) is 25.4. The predicted octanol–water partition coefficient (Wildman–Crippen LogP) is 12.6. The third-order valence-corrected chi connectivity index (χ3v) is 9.64. The van der Waals surface area contributed by atoms with Gasteiger partial charge in [-0.15, -0.1) is 0 Å². The molecule has 0 aliphatic heterocycles. The number of furan rings is 1. The molecule has 2 heterocycles. The molecule has 0 amide bonds. The maximum Gasteiger partial charge on any atom is 0.144 e. The van der Waals surface area contributed by atoms with Crippen molar-refractivity contribution in [2.75, 3.05) is 0 Å². The third kappa shape index (κ3) is 3.82. The van der Waals surface area contributed by atoms with Crippen LogP contribution in [0.1, 0.15) is 0 Å². The number of rotatable bonds is 3. The molecule has 0 fully saturated rings. The minimum absolute atomic E-state index is 0.898. The Kier molecular flexibility index (Phi) is 5.61. The Morgan fingerprint density at radius 2 is 0.851 bits per heavy atom. The largest absolute Gasteiger partial charge is 0.455 e. The van der Waals surface area contributed by atoms with Crippen molar-refractivity contribution in [3.63, 3.8) is 0 Å². The van der Waals surface area contributed by atoms with Crippen LogP contribution in [0.25, 0.3) is 98.7 Å². The molecule has 8 aromatic carbocycles. The van der Waals surface area contributed by atoms with Crippen LogP contribution in [-0.2, 0) is 0 Å². The number of fused-ring (bicyclic) bond motifs is 9. The van der Waals surface area contributed by atoms with E-state index in [4.69, 9.17) is 9.40 Å². The van der Waals surface area contributed by atoms with Crippen molar-refractivity contribution in [3.8, 4) is 33.5 Å². The molecule has 47 heavy (non-hydrogen) atoms. The van der Waals surface area contributed by atoms with Crippen LogP contribution in [0.4, 0.5) is 0 Å². The van der Waals surface area contributed by atoms with Crippen LogP contribution in [0.5, 0.6) is 0 Å². The smallest absolute Gasteiger partial charge is 0.144 e. The van der Waals surface area contributed by atoms with Gasteiger partial charge in [-0.1, -0.05) is 152 Å². The number of nitrogens with zero attached hydrogens (tertiary/aromatic N) is 1. The van der Waals surface area contributed by atoms with Crippen molar-refractivity contribution < 1.29 is 4.42 Å². The first-order valence-electron chi connectivity index (χ1n) is 16.1. The van der Waals surface area contributed by atoms with Crippen LogP contribution in [-0.4, -0.2) is 4.98 Å². The lowest BCUT2D eigenvalue weighted by Crippen LogP contribution is -1.90. The number of benzene rings is 8. The molecule has 0 aliphatic carbocycles. The number of aromatic nitrogens is 1. The highest BCUT2D eigenvalue weighted by Gasteiger charge is 2.22. The van der Waals surface area contributed by atoms with Gasteiger partial charge in [0, 0.05) is 43.6 Å². The van der Waals surface area contributed by atoms with Crippen LogP contribution in [0.2, 0.25) is 0 Å². The second-order valence-electron chi connectivity index (χ2n) is 12.2. The fourth-order valence-corrected chi connectivity index (χ4v) is 7.64. The molecule has 2 aromatic heterocycles. The van der Waals surface area contributed by atoms with Gasteiger partial charge in [0.2, 0.25) is 0 Å². The molecule has 0 saturated heterocycles. The van der Waals surface area contributed by atoms with Crippen molar-refractivity contribution in [1.82, 2.24) is 4.98 Å². The van der Waals surface area contributed by atoms with E-state index in [-0.39, 0.29) is 0 Å². The molecule has 2 nitrogen and oxygen atoms in total. The summed E-state index contributed by atoms with van der Waals surface area (Å²) >= 11 is 0. The van der Waals surface area contributed by atoms with Gasteiger partial charge in [0.1, 0.15) is 11.2 Å². The second-order valence-corrected chi connectivity index (χ2v) is 12.2. The fourth-order valence-electron chi connectivity index (χ4n) is 7.64. The number of para-hydroxylation sites is 2. The molecule has 10 aromatic rings. The minimum atomic E-state index is 0.898. The number of pyridine rings is 1. The van der Waals surface area contributed by atoms with Crippen LogP contribution >= 0.6 is 0 Å². The summed E-state index contributed by atoms with van der Waals surface area (Å²) in [6.45, 7) is 0. The summed E-state index contributed by atoms with van der Waals surface area (Å²) in [7, 11) is 0. The summed E-state index contributed by atoms with van der Waals surface area (Å²) in [4.78, 5) is 5.16. The Morgan fingerprint density at radius 1 is 0.340 bits per heavy atom. The highest BCUT2D eigenvalue weighted by atomic mass is 16.3. The Balaban J connectivity index is 1.35. The van der Waals surface area contributed by atoms with Gasteiger partial charge in [0.15, 0.2) is 0 Å². The lowest BCUT2D eigenvalue weighted by molar-refractivity contribution is 0.674. The molecule has 10 rings (SSSR count). The molecule has 0 aliphatic rings. The molecule has 218 valence electrons. The molecule has 0 atom stereocenters. The first-order chi connectivity index (χ1) is 23.3. The molecule has 2 heteroatoms. The van der Waals surface area contributed by atoms with Crippen molar-refractivity contribution >= 4 is 65.2 Å². The molecule has 0 spiro atoms. The molecule has 0 N–H and O–H groups in total. The first kappa shape index (κ1) is 26.0. The van der Waals surface area contributed by atoms with E-state index in [0.29, 0.717) is 0 Å². The van der Waals surface area contributed by atoms with Gasteiger partial charge in [-0.25, -0.2) is 4.98 Å². The van der Waals surface area contributed by atoms with Crippen LogP contribution in [0.3, 0.4) is 0 Å². The van der Waals surface area contributed by atoms with E-state index < -0.39 is 0 Å². The number of hydrogen-bond donors (Lipinski definition) is 0. The summed E-state index contributed by atoms with van der Waals surface area (Å²) in [6.07, 6.45) is 0. The van der Waals surface area contributed by atoms with Crippen molar-refractivity contribution in [2.24, 2.45) is 0 Å². The quantitative estimate of drug-likeness (QED) is 0.150. The summed E-state index contributed by atoms with van der Waals surface area (Å²) < 4.78 is 7.14. The lowest BCUT2D eigenvalue weighted by Gasteiger charge is -2.17. The van der Waals surface area contributed by atoms with Crippen LogP contribution in [0.15, 0.2) is 168 Å². The Labute approximate surface area is 271 Å². The first-order valence-corrected chi connectivity index (χ1v) is 16.1. The molecule has 0 unspecified atom stereocenters. The molecule has 0 radical (unpaired) electrons. The molecular weight excluding hydrogens is 571 g/mol. The van der Waals surface area contributed by atoms with Crippen molar-refractivity contribution in [3.05, 3.63) is 164 Å². The summed E-state index contributed by atoms with van der Waals surface area (Å²) in [5.41, 5.74) is 9.59. The van der Waals surface area contributed by atoms with Gasteiger partial charge in [-0.2, -0.15) is 0 Å². The van der Waals surface area contributed by atoms with Crippen LogP contribution in [0, 0.1) is 0 Å². The van der Waals surface area contributed by atoms with Crippen molar-refractivity contribution in [2.45, 2.75) is 0 Å². The second kappa shape index (κ2) is 10.1. The van der Waals surface area contributed by atoms with Crippen LogP contribution < -0.4 is 0 Å². The fraction of sp³-hybridized carbons (Fsp3) is 0. The maximum atomic E-state index is 7.14. The average Bonchev–Trinajstić information content (AvgIpc) is 3.53.